The zero-order chi connectivity index (χ0) is 21.2. The highest BCUT2D eigenvalue weighted by atomic mass is 16.5. The Hall–Kier alpha value is -3.03. The lowest BCUT2D eigenvalue weighted by Gasteiger charge is -2.23. The zero-order valence-electron chi connectivity index (χ0n) is 17.0. The number of imide groups is 1. The third kappa shape index (κ3) is 6.81. The number of methoxy groups -OCH3 is 2. The number of nitrogens with one attached hydrogen (secondary N) is 2. The van der Waals surface area contributed by atoms with Gasteiger partial charge in [-0.2, -0.15) is 0 Å². The van der Waals surface area contributed by atoms with Gasteiger partial charge in [0.05, 0.1) is 14.2 Å². The van der Waals surface area contributed by atoms with Gasteiger partial charge in [0.15, 0.2) is 17.6 Å². The van der Waals surface area contributed by atoms with E-state index in [9.17, 15) is 14.4 Å². The van der Waals surface area contributed by atoms with Crippen molar-refractivity contribution in [3.63, 3.8) is 0 Å². The third-order valence-corrected chi connectivity index (χ3v) is 4.67. The summed E-state index contributed by atoms with van der Waals surface area (Å²) >= 11 is 0. The summed E-state index contributed by atoms with van der Waals surface area (Å²) in [5.41, 5.74) is 0.618. The van der Waals surface area contributed by atoms with Gasteiger partial charge in [0.25, 0.3) is 5.91 Å². The van der Waals surface area contributed by atoms with Gasteiger partial charge in [-0.25, -0.2) is 9.59 Å². The SMILES string of the molecule is COc1cccc(/C=C/C(=O)O[C@@H](C)C(=O)NC(=O)NC2CCCCC2)c1OC. The summed E-state index contributed by atoms with van der Waals surface area (Å²) in [5.74, 6) is -0.395. The molecule has 0 aliphatic heterocycles. The number of benzene rings is 1. The second kappa shape index (κ2) is 11.1. The van der Waals surface area contributed by atoms with Crippen molar-refractivity contribution >= 4 is 24.0 Å². The van der Waals surface area contributed by atoms with Crippen molar-refractivity contribution in [3.8, 4) is 11.5 Å². The van der Waals surface area contributed by atoms with E-state index in [4.69, 9.17) is 14.2 Å². The van der Waals surface area contributed by atoms with E-state index < -0.39 is 24.0 Å². The minimum atomic E-state index is -1.11. The van der Waals surface area contributed by atoms with Crippen LogP contribution in [0.4, 0.5) is 4.79 Å². The molecule has 0 bridgehead atoms. The maximum absolute atomic E-state index is 12.1. The molecule has 29 heavy (non-hydrogen) atoms. The molecular formula is C21H28N2O6. The molecule has 1 saturated carbocycles. The van der Waals surface area contributed by atoms with E-state index in [0.29, 0.717) is 17.1 Å². The summed E-state index contributed by atoms with van der Waals surface area (Å²) in [5, 5.41) is 4.99. The predicted octanol–water partition coefficient (Wildman–Crippen LogP) is 2.81. The van der Waals surface area contributed by atoms with Gasteiger partial charge in [-0.1, -0.05) is 31.4 Å². The molecule has 1 aliphatic rings. The summed E-state index contributed by atoms with van der Waals surface area (Å²) in [6, 6.07) is 4.75. The molecule has 158 valence electrons. The van der Waals surface area contributed by atoms with Gasteiger partial charge in [0.1, 0.15) is 0 Å². The van der Waals surface area contributed by atoms with E-state index in [2.05, 4.69) is 10.6 Å². The van der Waals surface area contributed by atoms with Crippen LogP contribution in [0.25, 0.3) is 6.08 Å². The average molecular weight is 404 g/mol. The van der Waals surface area contributed by atoms with E-state index in [0.717, 1.165) is 25.7 Å². The fraction of sp³-hybridized carbons (Fsp3) is 0.476. The Labute approximate surface area is 170 Å². The summed E-state index contributed by atoms with van der Waals surface area (Å²) in [7, 11) is 3.02. The molecule has 8 heteroatoms. The number of hydrogen-bond acceptors (Lipinski definition) is 6. The molecule has 0 heterocycles. The van der Waals surface area contributed by atoms with E-state index >= 15 is 0 Å². The molecule has 1 aliphatic carbocycles. The highest BCUT2D eigenvalue weighted by Crippen LogP contribution is 2.31. The normalized spacial score (nSPS) is 15.4. The number of urea groups is 1. The fourth-order valence-corrected chi connectivity index (χ4v) is 3.15. The van der Waals surface area contributed by atoms with Crippen molar-refractivity contribution in [1.82, 2.24) is 10.6 Å². The van der Waals surface area contributed by atoms with Crippen LogP contribution in [0.2, 0.25) is 0 Å². The van der Waals surface area contributed by atoms with Crippen molar-refractivity contribution in [2.45, 2.75) is 51.2 Å². The summed E-state index contributed by atoms with van der Waals surface area (Å²) in [6.45, 7) is 1.40. The number of ether oxygens (including phenoxy) is 3. The Kier molecular flexibility index (Phi) is 8.51. The van der Waals surface area contributed by atoms with Crippen molar-refractivity contribution in [2.24, 2.45) is 0 Å². The molecule has 1 aromatic carbocycles. The minimum absolute atomic E-state index is 0.0789. The number of carbonyl (C=O) groups is 3. The van der Waals surface area contributed by atoms with Gasteiger partial charge in [0, 0.05) is 17.7 Å². The first kappa shape index (κ1) is 22.3. The monoisotopic (exact) mass is 404 g/mol. The Morgan fingerprint density at radius 2 is 1.83 bits per heavy atom. The summed E-state index contributed by atoms with van der Waals surface area (Å²) in [4.78, 5) is 36.0. The lowest BCUT2D eigenvalue weighted by Crippen LogP contribution is -2.48. The standard InChI is InChI=1S/C21H28N2O6/c1-14(20(25)23-21(26)22-16-9-5-4-6-10-16)29-18(24)13-12-15-8-7-11-17(27-2)19(15)28-3/h7-8,11-14,16H,4-6,9-10H2,1-3H3,(H2,22,23,25,26)/b13-12+/t14-/m0/s1. The first-order chi connectivity index (χ1) is 13.9. The van der Waals surface area contributed by atoms with Crippen LogP contribution in [0.1, 0.15) is 44.6 Å². The van der Waals surface area contributed by atoms with Crippen LogP contribution in [0.3, 0.4) is 0 Å². The second-order valence-electron chi connectivity index (χ2n) is 6.79. The van der Waals surface area contributed by atoms with Gasteiger partial charge < -0.3 is 19.5 Å². The van der Waals surface area contributed by atoms with E-state index in [1.165, 1.54) is 39.7 Å². The molecule has 0 aromatic heterocycles. The van der Waals surface area contributed by atoms with Crippen LogP contribution in [0.5, 0.6) is 11.5 Å². The molecule has 2 N–H and O–H groups in total. The molecule has 3 amide bonds. The Balaban J connectivity index is 1.85. The highest BCUT2D eigenvalue weighted by molar-refractivity contribution is 5.98. The number of rotatable bonds is 7. The Morgan fingerprint density at radius 3 is 2.48 bits per heavy atom. The third-order valence-electron chi connectivity index (χ3n) is 4.67. The van der Waals surface area contributed by atoms with Crippen molar-refractivity contribution < 1.29 is 28.6 Å². The smallest absolute Gasteiger partial charge is 0.331 e. The molecular weight excluding hydrogens is 376 g/mol. The molecule has 1 aromatic rings. The molecule has 0 saturated heterocycles. The average Bonchev–Trinajstić information content (AvgIpc) is 2.72. The van der Waals surface area contributed by atoms with Gasteiger partial charge in [-0.05, 0) is 31.9 Å². The number of esters is 1. The molecule has 8 nitrogen and oxygen atoms in total. The Bertz CT molecular complexity index is 756. The van der Waals surface area contributed by atoms with Crippen LogP contribution in [0.15, 0.2) is 24.3 Å². The van der Waals surface area contributed by atoms with E-state index in [1.54, 1.807) is 18.2 Å². The fourth-order valence-electron chi connectivity index (χ4n) is 3.15. The topological polar surface area (TPSA) is 103 Å². The maximum atomic E-state index is 12.1. The van der Waals surface area contributed by atoms with Crippen LogP contribution in [-0.2, 0) is 14.3 Å². The molecule has 1 atom stereocenters. The number of amides is 3. The van der Waals surface area contributed by atoms with E-state index in [1.807, 2.05) is 0 Å². The second-order valence-corrected chi connectivity index (χ2v) is 6.79. The van der Waals surface area contributed by atoms with E-state index in [-0.39, 0.29) is 6.04 Å². The van der Waals surface area contributed by atoms with Gasteiger partial charge >= 0.3 is 12.0 Å². The highest BCUT2D eigenvalue weighted by Gasteiger charge is 2.21. The predicted molar refractivity (Wildman–Crippen MR) is 108 cm³/mol. The molecule has 0 radical (unpaired) electrons. The lowest BCUT2D eigenvalue weighted by molar-refractivity contribution is -0.149. The molecule has 0 unspecified atom stereocenters. The van der Waals surface area contributed by atoms with Gasteiger partial charge in [0.2, 0.25) is 0 Å². The Morgan fingerprint density at radius 1 is 1.10 bits per heavy atom. The van der Waals surface area contributed by atoms with Crippen LogP contribution >= 0.6 is 0 Å². The van der Waals surface area contributed by atoms with Crippen molar-refractivity contribution in [3.05, 3.63) is 29.8 Å². The van der Waals surface area contributed by atoms with Gasteiger partial charge in [-0.15, -0.1) is 0 Å². The van der Waals surface area contributed by atoms with Crippen molar-refractivity contribution in [1.29, 1.82) is 0 Å². The van der Waals surface area contributed by atoms with Crippen molar-refractivity contribution in [2.75, 3.05) is 14.2 Å². The molecule has 1 fully saturated rings. The quantitative estimate of drug-likeness (QED) is 0.535. The van der Waals surface area contributed by atoms with Gasteiger partial charge in [-0.3, -0.25) is 10.1 Å². The number of carbonyl (C=O) groups excluding carboxylic acids is 3. The summed E-state index contributed by atoms with van der Waals surface area (Å²) < 4.78 is 15.6. The van der Waals surface area contributed by atoms with Crippen LogP contribution in [0, 0.1) is 0 Å². The number of para-hydroxylation sites is 1. The zero-order valence-corrected chi connectivity index (χ0v) is 17.0. The van der Waals surface area contributed by atoms with Crippen LogP contribution < -0.4 is 20.1 Å². The summed E-state index contributed by atoms with van der Waals surface area (Å²) in [6.07, 6.45) is 6.69. The first-order valence-corrected chi connectivity index (χ1v) is 9.65. The maximum Gasteiger partial charge on any atom is 0.331 e. The first-order valence-electron chi connectivity index (χ1n) is 9.65. The number of hydrogen-bond donors (Lipinski definition) is 2. The minimum Gasteiger partial charge on any atom is -0.493 e. The molecule has 2 rings (SSSR count). The lowest BCUT2D eigenvalue weighted by atomic mass is 9.96. The molecule has 0 spiro atoms. The van der Waals surface area contributed by atoms with Crippen LogP contribution in [-0.4, -0.2) is 44.3 Å². The largest absolute Gasteiger partial charge is 0.493 e.